The van der Waals surface area contributed by atoms with Gasteiger partial charge >= 0.3 is 0 Å². The molecule has 1 heterocycles. The van der Waals surface area contributed by atoms with E-state index in [1.165, 1.54) is 11.6 Å². The number of nitrogens with two attached hydrogens (primary N) is 1. The highest BCUT2D eigenvalue weighted by molar-refractivity contribution is 5.98. The first-order chi connectivity index (χ1) is 13.0. The molecule has 0 spiro atoms. The van der Waals surface area contributed by atoms with E-state index in [2.05, 4.69) is 23.3 Å². The third-order valence-corrected chi connectivity index (χ3v) is 4.05. The van der Waals surface area contributed by atoms with Crippen molar-refractivity contribution in [3.05, 3.63) is 83.3 Å². The summed E-state index contributed by atoms with van der Waals surface area (Å²) in [6, 6.07) is 17.8. The van der Waals surface area contributed by atoms with Crippen LogP contribution in [0.3, 0.4) is 0 Å². The average Bonchev–Trinajstić information content (AvgIpc) is 2.67. The number of hydrogen-bond acceptors (Lipinski definition) is 4. The van der Waals surface area contributed by atoms with Crippen molar-refractivity contribution in [2.45, 2.75) is 19.9 Å². The smallest absolute Gasteiger partial charge is 0.255 e. The van der Waals surface area contributed by atoms with Crippen molar-refractivity contribution in [2.75, 3.05) is 5.73 Å². The van der Waals surface area contributed by atoms with E-state index in [1.807, 2.05) is 42.5 Å². The minimum atomic E-state index is -0.718. The first-order valence-corrected chi connectivity index (χ1v) is 8.61. The van der Waals surface area contributed by atoms with Crippen LogP contribution in [0.4, 0.5) is 10.2 Å². The van der Waals surface area contributed by atoms with E-state index in [9.17, 15) is 9.18 Å². The fraction of sp³-hybridized carbons (Fsp3) is 0.143. The van der Waals surface area contributed by atoms with Gasteiger partial charge in [-0.25, -0.2) is 4.98 Å². The fourth-order valence-corrected chi connectivity index (χ4v) is 2.56. The van der Waals surface area contributed by atoms with Gasteiger partial charge in [0.2, 0.25) is 5.95 Å². The van der Waals surface area contributed by atoms with Crippen LogP contribution < -0.4 is 15.8 Å². The summed E-state index contributed by atoms with van der Waals surface area (Å²) in [5.41, 5.74) is 7.83. The first-order valence-electron chi connectivity index (χ1n) is 8.61. The number of amides is 1. The van der Waals surface area contributed by atoms with Gasteiger partial charge in [-0.15, -0.1) is 0 Å². The Balaban J connectivity index is 1.59. The summed E-state index contributed by atoms with van der Waals surface area (Å²) >= 11 is 0. The molecule has 1 amide bonds. The standard InChI is InChI=1S/C21H20FN3O2/c1-2-14-4-3-5-17(12-14)27-16-8-6-15(7-9-16)13-24-21(26)18-10-11-19(22)25-20(18)23/h3-12H,2,13H2,1H3,(H2,23,25)(H,24,26). The Morgan fingerprint density at radius 2 is 1.85 bits per heavy atom. The Bertz CT molecular complexity index is 942. The SMILES string of the molecule is CCc1cccc(Oc2ccc(CNC(=O)c3ccc(F)nc3N)cc2)c1. The Hall–Kier alpha value is -3.41. The van der Waals surface area contributed by atoms with Gasteiger partial charge < -0.3 is 15.8 Å². The molecule has 0 saturated carbocycles. The van der Waals surface area contributed by atoms with Gasteiger partial charge in [-0.1, -0.05) is 31.2 Å². The number of nitrogens with zero attached hydrogens (tertiary/aromatic N) is 1. The first kappa shape index (κ1) is 18.4. The topological polar surface area (TPSA) is 77.2 Å². The van der Waals surface area contributed by atoms with Gasteiger partial charge in [-0.2, -0.15) is 4.39 Å². The molecule has 3 rings (SSSR count). The van der Waals surface area contributed by atoms with Crippen LogP contribution in [0, 0.1) is 5.95 Å². The molecule has 0 bridgehead atoms. The number of nitrogen functional groups attached to an aromatic ring is 1. The molecule has 2 aromatic carbocycles. The average molecular weight is 365 g/mol. The lowest BCUT2D eigenvalue weighted by molar-refractivity contribution is 0.0951. The number of anilines is 1. The van der Waals surface area contributed by atoms with Gasteiger partial charge in [-0.05, 0) is 53.9 Å². The van der Waals surface area contributed by atoms with Gasteiger partial charge in [0.05, 0.1) is 5.56 Å². The maximum Gasteiger partial charge on any atom is 0.255 e. The van der Waals surface area contributed by atoms with Crippen LogP contribution in [0.25, 0.3) is 0 Å². The quantitative estimate of drug-likeness (QED) is 0.645. The molecule has 0 fully saturated rings. The molecular weight excluding hydrogens is 345 g/mol. The highest BCUT2D eigenvalue weighted by atomic mass is 19.1. The van der Waals surface area contributed by atoms with Crippen LogP contribution in [0.5, 0.6) is 11.5 Å². The van der Waals surface area contributed by atoms with Crippen molar-refractivity contribution >= 4 is 11.7 Å². The number of carbonyl (C=O) groups excluding carboxylic acids is 1. The molecule has 3 aromatic rings. The van der Waals surface area contributed by atoms with E-state index in [4.69, 9.17) is 10.5 Å². The highest BCUT2D eigenvalue weighted by Crippen LogP contribution is 2.23. The summed E-state index contributed by atoms with van der Waals surface area (Å²) in [5.74, 6) is 0.242. The number of rotatable bonds is 6. The van der Waals surface area contributed by atoms with Crippen molar-refractivity contribution in [3.63, 3.8) is 0 Å². The minimum absolute atomic E-state index is 0.134. The number of aromatic nitrogens is 1. The van der Waals surface area contributed by atoms with E-state index in [0.717, 1.165) is 23.8 Å². The number of aryl methyl sites for hydroxylation is 1. The molecule has 1 aromatic heterocycles. The number of carbonyl (C=O) groups is 1. The summed E-state index contributed by atoms with van der Waals surface area (Å²) < 4.78 is 18.8. The van der Waals surface area contributed by atoms with Crippen molar-refractivity contribution in [1.29, 1.82) is 0 Å². The number of hydrogen-bond donors (Lipinski definition) is 2. The molecule has 6 heteroatoms. The summed E-state index contributed by atoms with van der Waals surface area (Å²) in [6.07, 6.45) is 0.948. The maximum atomic E-state index is 13.0. The molecule has 0 aliphatic rings. The van der Waals surface area contributed by atoms with E-state index < -0.39 is 11.9 Å². The molecule has 0 saturated heterocycles. The Morgan fingerprint density at radius 3 is 2.56 bits per heavy atom. The maximum absolute atomic E-state index is 13.0. The van der Waals surface area contributed by atoms with Crippen LogP contribution >= 0.6 is 0 Å². The molecular formula is C21H20FN3O2. The van der Waals surface area contributed by atoms with E-state index in [1.54, 1.807) is 0 Å². The third kappa shape index (κ3) is 4.82. The molecule has 0 atom stereocenters. The normalized spacial score (nSPS) is 10.4. The second-order valence-electron chi connectivity index (χ2n) is 6.00. The van der Waals surface area contributed by atoms with E-state index in [0.29, 0.717) is 12.3 Å². The van der Waals surface area contributed by atoms with Crippen LogP contribution in [0.1, 0.15) is 28.4 Å². The molecule has 0 unspecified atom stereocenters. The summed E-state index contributed by atoms with van der Waals surface area (Å²) in [6.45, 7) is 2.40. The molecule has 0 aliphatic heterocycles. The third-order valence-electron chi connectivity index (χ3n) is 4.05. The summed E-state index contributed by atoms with van der Waals surface area (Å²) in [4.78, 5) is 15.6. The van der Waals surface area contributed by atoms with Crippen molar-refractivity contribution in [2.24, 2.45) is 0 Å². The van der Waals surface area contributed by atoms with Crippen LogP contribution in [-0.4, -0.2) is 10.9 Å². The van der Waals surface area contributed by atoms with Crippen LogP contribution in [0.2, 0.25) is 0 Å². The lowest BCUT2D eigenvalue weighted by Crippen LogP contribution is -2.24. The van der Waals surface area contributed by atoms with Gasteiger partial charge in [-0.3, -0.25) is 4.79 Å². The van der Waals surface area contributed by atoms with E-state index in [-0.39, 0.29) is 11.4 Å². The largest absolute Gasteiger partial charge is 0.457 e. The van der Waals surface area contributed by atoms with Crippen molar-refractivity contribution < 1.29 is 13.9 Å². The van der Waals surface area contributed by atoms with Gasteiger partial charge in [0, 0.05) is 6.54 Å². The lowest BCUT2D eigenvalue weighted by atomic mass is 10.1. The predicted octanol–water partition coefficient (Wildman–Crippen LogP) is 4.09. The fourth-order valence-electron chi connectivity index (χ4n) is 2.56. The zero-order chi connectivity index (χ0) is 19.2. The highest BCUT2D eigenvalue weighted by Gasteiger charge is 2.11. The summed E-state index contributed by atoms with van der Waals surface area (Å²) in [7, 11) is 0. The molecule has 138 valence electrons. The second kappa shape index (κ2) is 8.31. The van der Waals surface area contributed by atoms with Crippen molar-refractivity contribution in [3.8, 4) is 11.5 Å². The zero-order valence-corrected chi connectivity index (χ0v) is 14.9. The number of ether oxygens (including phenoxy) is 1. The zero-order valence-electron chi connectivity index (χ0n) is 14.9. The summed E-state index contributed by atoms with van der Waals surface area (Å²) in [5, 5.41) is 2.74. The predicted molar refractivity (Wildman–Crippen MR) is 102 cm³/mol. The molecule has 3 N–H and O–H groups in total. The van der Waals surface area contributed by atoms with Gasteiger partial charge in [0.25, 0.3) is 5.91 Å². The number of nitrogens with one attached hydrogen (secondary N) is 1. The van der Waals surface area contributed by atoms with Crippen LogP contribution in [0.15, 0.2) is 60.7 Å². The van der Waals surface area contributed by atoms with Gasteiger partial charge in [0.1, 0.15) is 17.3 Å². The number of benzene rings is 2. The van der Waals surface area contributed by atoms with Gasteiger partial charge in [0.15, 0.2) is 0 Å². The molecule has 5 nitrogen and oxygen atoms in total. The number of halogens is 1. The minimum Gasteiger partial charge on any atom is -0.457 e. The van der Waals surface area contributed by atoms with Crippen LogP contribution in [-0.2, 0) is 13.0 Å². The Kier molecular flexibility index (Phi) is 5.66. The second-order valence-corrected chi connectivity index (χ2v) is 6.00. The van der Waals surface area contributed by atoms with Crippen molar-refractivity contribution in [1.82, 2.24) is 10.3 Å². The monoisotopic (exact) mass is 365 g/mol. The Morgan fingerprint density at radius 1 is 1.07 bits per heavy atom. The molecule has 0 aliphatic carbocycles. The molecule has 0 radical (unpaired) electrons. The van der Waals surface area contributed by atoms with E-state index >= 15 is 0 Å². The lowest BCUT2D eigenvalue weighted by Gasteiger charge is -2.09. The number of pyridine rings is 1. The molecule has 27 heavy (non-hydrogen) atoms. The Labute approximate surface area is 157 Å².